The van der Waals surface area contributed by atoms with E-state index in [1.807, 2.05) is 43.3 Å². The Morgan fingerprint density at radius 1 is 1.13 bits per heavy atom. The van der Waals surface area contributed by atoms with E-state index in [1.165, 1.54) is 0 Å². The summed E-state index contributed by atoms with van der Waals surface area (Å²) < 4.78 is 6.54. The third kappa shape index (κ3) is 2.36. The minimum atomic E-state index is 0.590. The smallest absolute Gasteiger partial charge is 0.233 e. The van der Waals surface area contributed by atoms with Crippen LogP contribution in [-0.2, 0) is 0 Å². The number of hydrogen-bond donors (Lipinski definition) is 0. The number of aryl methyl sites for hydroxylation is 1. The molecule has 0 atom stereocenters. The summed E-state index contributed by atoms with van der Waals surface area (Å²) >= 11 is 3.39. The molecule has 0 unspecified atom stereocenters. The first-order chi connectivity index (χ1) is 7.27. The maximum atomic E-state index is 5.68. The highest BCUT2D eigenvalue weighted by Gasteiger charge is 2.04. The molecule has 0 amide bonds. The molecule has 1 aromatic carbocycles. The molecule has 2 rings (SSSR count). The van der Waals surface area contributed by atoms with Crippen LogP contribution in [0.3, 0.4) is 0 Å². The molecule has 76 valence electrons. The number of ether oxygens (including phenoxy) is 1. The van der Waals surface area contributed by atoms with Crippen molar-refractivity contribution in [3.05, 3.63) is 52.6 Å². The zero-order valence-electron chi connectivity index (χ0n) is 8.27. The van der Waals surface area contributed by atoms with Crippen LogP contribution < -0.4 is 4.74 Å². The van der Waals surface area contributed by atoms with Crippen LogP contribution in [0.15, 0.2) is 47.1 Å². The summed E-state index contributed by atoms with van der Waals surface area (Å²) in [5.41, 5.74) is 1.09. The van der Waals surface area contributed by atoms with Gasteiger partial charge in [0.05, 0.1) is 4.47 Å². The van der Waals surface area contributed by atoms with Gasteiger partial charge in [0, 0.05) is 6.20 Å². The van der Waals surface area contributed by atoms with Crippen LogP contribution in [-0.4, -0.2) is 4.98 Å². The second kappa shape index (κ2) is 4.45. The molecule has 15 heavy (non-hydrogen) atoms. The number of aromatic nitrogens is 1. The van der Waals surface area contributed by atoms with Crippen LogP contribution in [0.2, 0.25) is 0 Å². The summed E-state index contributed by atoms with van der Waals surface area (Å²) in [7, 11) is 0. The van der Waals surface area contributed by atoms with Crippen LogP contribution >= 0.6 is 15.9 Å². The Labute approximate surface area is 97.1 Å². The van der Waals surface area contributed by atoms with Gasteiger partial charge < -0.3 is 4.74 Å². The molecular weight excluding hydrogens is 254 g/mol. The van der Waals surface area contributed by atoms with Gasteiger partial charge >= 0.3 is 0 Å². The summed E-state index contributed by atoms with van der Waals surface area (Å²) in [5.74, 6) is 1.42. The molecule has 0 N–H and O–H groups in total. The molecule has 0 bridgehead atoms. The first-order valence-corrected chi connectivity index (χ1v) is 5.40. The van der Waals surface area contributed by atoms with Gasteiger partial charge in [-0.05, 0) is 46.6 Å². The van der Waals surface area contributed by atoms with E-state index in [1.54, 1.807) is 6.20 Å². The van der Waals surface area contributed by atoms with Crippen molar-refractivity contribution in [1.82, 2.24) is 4.98 Å². The van der Waals surface area contributed by atoms with E-state index in [2.05, 4.69) is 20.9 Å². The second-order valence-electron chi connectivity index (χ2n) is 3.16. The molecule has 0 saturated heterocycles. The van der Waals surface area contributed by atoms with Gasteiger partial charge in [0.1, 0.15) is 5.75 Å². The minimum Gasteiger partial charge on any atom is -0.438 e. The third-order valence-corrected chi connectivity index (χ3v) is 2.63. The number of para-hydroxylation sites is 1. The molecule has 0 saturated carbocycles. The first kappa shape index (κ1) is 10.2. The standard InChI is InChI=1S/C12H10BrNO/c1-9-5-2-3-7-11(9)15-12-10(13)6-4-8-14-12/h2-8H,1H3. The molecule has 0 radical (unpaired) electrons. The molecular formula is C12H10BrNO. The highest BCUT2D eigenvalue weighted by Crippen LogP contribution is 2.28. The van der Waals surface area contributed by atoms with Gasteiger partial charge in [-0.15, -0.1) is 0 Å². The van der Waals surface area contributed by atoms with Crippen molar-refractivity contribution in [3.8, 4) is 11.6 Å². The van der Waals surface area contributed by atoms with Crippen molar-refractivity contribution in [2.45, 2.75) is 6.92 Å². The van der Waals surface area contributed by atoms with Crippen LogP contribution in [0.1, 0.15) is 5.56 Å². The molecule has 1 heterocycles. The maximum absolute atomic E-state index is 5.68. The van der Waals surface area contributed by atoms with Crippen molar-refractivity contribution < 1.29 is 4.74 Å². The largest absolute Gasteiger partial charge is 0.438 e. The lowest BCUT2D eigenvalue weighted by Gasteiger charge is -2.08. The Bertz CT molecular complexity index is 427. The summed E-state index contributed by atoms with van der Waals surface area (Å²) in [6.45, 7) is 2.01. The predicted octanol–water partition coefficient (Wildman–Crippen LogP) is 3.94. The monoisotopic (exact) mass is 263 g/mol. The van der Waals surface area contributed by atoms with Crippen LogP contribution in [0, 0.1) is 6.92 Å². The average Bonchev–Trinajstić information content (AvgIpc) is 2.24. The fourth-order valence-electron chi connectivity index (χ4n) is 1.22. The molecule has 3 heteroatoms. The Morgan fingerprint density at radius 2 is 1.93 bits per heavy atom. The normalized spacial score (nSPS) is 10.0. The SMILES string of the molecule is Cc1ccccc1Oc1ncccc1Br. The number of hydrogen-bond acceptors (Lipinski definition) is 2. The van der Waals surface area contributed by atoms with Gasteiger partial charge in [0.15, 0.2) is 0 Å². The Balaban J connectivity index is 2.30. The van der Waals surface area contributed by atoms with E-state index in [9.17, 15) is 0 Å². The van der Waals surface area contributed by atoms with Crippen molar-refractivity contribution in [1.29, 1.82) is 0 Å². The third-order valence-electron chi connectivity index (χ3n) is 2.02. The molecule has 0 aliphatic heterocycles. The number of rotatable bonds is 2. The Hall–Kier alpha value is -1.35. The fraction of sp³-hybridized carbons (Fsp3) is 0.0833. The Morgan fingerprint density at radius 3 is 2.67 bits per heavy atom. The molecule has 2 nitrogen and oxygen atoms in total. The number of halogens is 1. The molecule has 1 aromatic heterocycles. The van der Waals surface area contributed by atoms with Gasteiger partial charge in [0.25, 0.3) is 0 Å². The number of benzene rings is 1. The van der Waals surface area contributed by atoms with E-state index in [4.69, 9.17) is 4.74 Å². The minimum absolute atomic E-state index is 0.590. The summed E-state index contributed by atoms with van der Waals surface area (Å²) in [6, 6.07) is 11.6. The topological polar surface area (TPSA) is 22.1 Å². The van der Waals surface area contributed by atoms with Crippen molar-refractivity contribution in [2.24, 2.45) is 0 Å². The lowest BCUT2D eigenvalue weighted by Crippen LogP contribution is -1.90. The van der Waals surface area contributed by atoms with Crippen molar-refractivity contribution in [2.75, 3.05) is 0 Å². The van der Waals surface area contributed by atoms with Crippen LogP contribution in [0.25, 0.3) is 0 Å². The van der Waals surface area contributed by atoms with E-state index in [-0.39, 0.29) is 0 Å². The van der Waals surface area contributed by atoms with Gasteiger partial charge in [-0.25, -0.2) is 4.98 Å². The molecule has 2 aromatic rings. The molecule has 0 aliphatic carbocycles. The van der Waals surface area contributed by atoms with E-state index >= 15 is 0 Å². The predicted molar refractivity (Wildman–Crippen MR) is 63.2 cm³/mol. The lowest BCUT2D eigenvalue weighted by atomic mass is 10.2. The van der Waals surface area contributed by atoms with E-state index in [0.717, 1.165) is 15.8 Å². The van der Waals surface area contributed by atoms with Crippen molar-refractivity contribution in [3.63, 3.8) is 0 Å². The van der Waals surface area contributed by atoms with Gasteiger partial charge in [-0.3, -0.25) is 0 Å². The zero-order valence-corrected chi connectivity index (χ0v) is 9.86. The van der Waals surface area contributed by atoms with Gasteiger partial charge in [-0.1, -0.05) is 18.2 Å². The number of nitrogens with zero attached hydrogens (tertiary/aromatic N) is 1. The van der Waals surface area contributed by atoms with E-state index < -0.39 is 0 Å². The summed E-state index contributed by atoms with van der Waals surface area (Å²) in [6.07, 6.45) is 1.71. The van der Waals surface area contributed by atoms with Crippen LogP contribution in [0.5, 0.6) is 11.6 Å². The average molecular weight is 264 g/mol. The quantitative estimate of drug-likeness (QED) is 0.819. The highest BCUT2D eigenvalue weighted by molar-refractivity contribution is 9.10. The maximum Gasteiger partial charge on any atom is 0.233 e. The Kier molecular flexibility index (Phi) is 3.02. The fourth-order valence-corrected chi connectivity index (χ4v) is 1.56. The zero-order chi connectivity index (χ0) is 10.7. The lowest BCUT2D eigenvalue weighted by molar-refractivity contribution is 0.456. The van der Waals surface area contributed by atoms with Crippen LogP contribution in [0.4, 0.5) is 0 Å². The summed E-state index contributed by atoms with van der Waals surface area (Å²) in [5, 5.41) is 0. The van der Waals surface area contributed by atoms with Gasteiger partial charge in [-0.2, -0.15) is 0 Å². The molecule has 0 aliphatic rings. The summed E-state index contributed by atoms with van der Waals surface area (Å²) in [4.78, 5) is 4.15. The number of pyridine rings is 1. The van der Waals surface area contributed by atoms with E-state index in [0.29, 0.717) is 5.88 Å². The highest BCUT2D eigenvalue weighted by atomic mass is 79.9. The van der Waals surface area contributed by atoms with Crippen molar-refractivity contribution >= 4 is 15.9 Å². The molecule has 0 fully saturated rings. The second-order valence-corrected chi connectivity index (χ2v) is 4.01. The van der Waals surface area contributed by atoms with Gasteiger partial charge in [0.2, 0.25) is 5.88 Å². The molecule has 0 spiro atoms. The first-order valence-electron chi connectivity index (χ1n) is 4.61.